The third-order valence-electron chi connectivity index (χ3n) is 11.8. The highest BCUT2D eigenvalue weighted by Gasteiger charge is 2.37. The molecule has 0 N–H and O–H groups in total. The Kier molecular flexibility index (Phi) is 7.70. The van der Waals surface area contributed by atoms with Gasteiger partial charge in [-0.15, -0.1) is 0 Å². The van der Waals surface area contributed by atoms with Crippen molar-refractivity contribution in [1.29, 1.82) is 0 Å². The van der Waals surface area contributed by atoms with Gasteiger partial charge in [0.1, 0.15) is 11.2 Å². The summed E-state index contributed by atoms with van der Waals surface area (Å²) in [7, 11) is 0. The van der Waals surface area contributed by atoms with E-state index in [9.17, 15) is 0 Å². The Labute approximate surface area is 317 Å². The highest BCUT2D eigenvalue weighted by molar-refractivity contribution is 6.09. The SMILES string of the molecule is CC1(C)c2ccccc2-c2c(C(Cc3ccc(-c4ccc(-c5ccccc5)cc4)cc3)c3ccc(-c4cccc5c4oc4ccccc45)cc3)cccc21. The molecule has 1 unspecified atom stereocenters. The first-order valence-electron chi connectivity index (χ1n) is 19.0. The lowest BCUT2D eigenvalue weighted by molar-refractivity contribution is 0.659. The second kappa shape index (κ2) is 12.9. The van der Waals surface area contributed by atoms with E-state index in [0.717, 1.165) is 39.5 Å². The third-order valence-corrected chi connectivity index (χ3v) is 11.8. The standard InChI is InChI=1S/C53H40O/c1-53(2)48-19-8-6-15-46(48)51-44(17-11-20-49(51)53)47(34-35-22-24-37(25-23-35)39-28-26-38(27-29-39)36-12-4-3-5-13-36)41-32-30-40(31-33-41)42-16-10-18-45-43-14-7-9-21-50(43)54-52(42)45/h3-33,47H,34H2,1-2H3. The van der Waals surface area contributed by atoms with E-state index in [2.05, 4.69) is 196 Å². The number of hydrogen-bond acceptors (Lipinski definition) is 1. The fourth-order valence-corrected chi connectivity index (χ4v) is 8.90. The molecule has 0 saturated heterocycles. The van der Waals surface area contributed by atoms with Crippen molar-refractivity contribution in [3.05, 3.63) is 216 Å². The molecule has 0 saturated carbocycles. The van der Waals surface area contributed by atoms with Crippen LogP contribution in [-0.2, 0) is 11.8 Å². The van der Waals surface area contributed by atoms with Gasteiger partial charge in [-0.2, -0.15) is 0 Å². The second-order valence-corrected chi connectivity index (χ2v) is 15.2. The molecular weight excluding hydrogens is 653 g/mol. The molecule has 0 aliphatic heterocycles. The van der Waals surface area contributed by atoms with Gasteiger partial charge in [0.15, 0.2) is 0 Å². The maximum Gasteiger partial charge on any atom is 0.143 e. The molecule has 258 valence electrons. The minimum atomic E-state index is -0.0562. The molecule has 0 amide bonds. The van der Waals surface area contributed by atoms with Crippen LogP contribution in [0.3, 0.4) is 0 Å². The number of furan rings is 1. The minimum absolute atomic E-state index is 0.0562. The van der Waals surface area contributed by atoms with E-state index >= 15 is 0 Å². The summed E-state index contributed by atoms with van der Waals surface area (Å²) < 4.78 is 6.43. The van der Waals surface area contributed by atoms with Gasteiger partial charge in [0.05, 0.1) is 0 Å². The molecule has 1 nitrogen and oxygen atoms in total. The molecule has 9 aromatic rings. The highest BCUT2D eigenvalue weighted by Crippen LogP contribution is 2.52. The van der Waals surface area contributed by atoms with Crippen LogP contribution in [0.25, 0.3) is 66.4 Å². The summed E-state index contributed by atoms with van der Waals surface area (Å²) in [6.45, 7) is 4.74. The van der Waals surface area contributed by atoms with Crippen molar-refractivity contribution in [3.63, 3.8) is 0 Å². The van der Waals surface area contributed by atoms with E-state index < -0.39 is 0 Å². The van der Waals surface area contributed by atoms with Crippen molar-refractivity contribution in [2.45, 2.75) is 31.6 Å². The lowest BCUT2D eigenvalue weighted by Crippen LogP contribution is -2.15. The Morgan fingerprint density at radius 3 is 1.76 bits per heavy atom. The lowest BCUT2D eigenvalue weighted by Gasteiger charge is -2.24. The Morgan fingerprint density at radius 2 is 1.00 bits per heavy atom. The van der Waals surface area contributed by atoms with Gasteiger partial charge >= 0.3 is 0 Å². The van der Waals surface area contributed by atoms with Crippen molar-refractivity contribution in [3.8, 4) is 44.5 Å². The van der Waals surface area contributed by atoms with E-state index in [4.69, 9.17) is 4.42 Å². The number of para-hydroxylation sites is 2. The summed E-state index contributed by atoms with van der Waals surface area (Å²) >= 11 is 0. The van der Waals surface area contributed by atoms with Crippen LogP contribution in [0.15, 0.2) is 192 Å². The van der Waals surface area contributed by atoms with Crippen molar-refractivity contribution in [2.75, 3.05) is 0 Å². The van der Waals surface area contributed by atoms with Gasteiger partial charge in [-0.05, 0) is 79.2 Å². The van der Waals surface area contributed by atoms with Gasteiger partial charge in [-0.1, -0.05) is 196 Å². The monoisotopic (exact) mass is 692 g/mol. The van der Waals surface area contributed by atoms with E-state index in [-0.39, 0.29) is 11.3 Å². The van der Waals surface area contributed by atoms with Crippen LogP contribution in [0.5, 0.6) is 0 Å². The largest absolute Gasteiger partial charge is 0.455 e. The quantitative estimate of drug-likeness (QED) is 0.162. The zero-order chi connectivity index (χ0) is 36.2. The van der Waals surface area contributed by atoms with Crippen molar-refractivity contribution in [1.82, 2.24) is 0 Å². The van der Waals surface area contributed by atoms with Gasteiger partial charge in [-0.3, -0.25) is 0 Å². The van der Waals surface area contributed by atoms with Crippen LogP contribution in [0.4, 0.5) is 0 Å². The number of hydrogen-bond donors (Lipinski definition) is 0. The molecule has 0 bridgehead atoms. The molecule has 54 heavy (non-hydrogen) atoms. The fourth-order valence-electron chi connectivity index (χ4n) is 8.90. The normalized spacial score (nSPS) is 13.5. The minimum Gasteiger partial charge on any atom is -0.455 e. The van der Waals surface area contributed by atoms with Crippen LogP contribution in [0.1, 0.15) is 47.6 Å². The molecule has 0 radical (unpaired) electrons. The lowest BCUT2D eigenvalue weighted by atomic mass is 9.79. The zero-order valence-corrected chi connectivity index (χ0v) is 30.6. The average molecular weight is 693 g/mol. The molecule has 1 aliphatic carbocycles. The van der Waals surface area contributed by atoms with E-state index in [1.807, 2.05) is 6.07 Å². The fraction of sp³-hybridized carbons (Fsp3) is 0.0943. The van der Waals surface area contributed by atoms with Crippen molar-refractivity contribution >= 4 is 21.9 Å². The van der Waals surface area contributed by atoms with Gasteiger partial charge < -0.3 is 4.42 Å². The number of fused-ring (bicyclic) bond motifs is 6. The average Bonchev–Trinajstić information content (AvgIpc) is 3.73. The first-order valence-corrected chi connectivity index (χ1v) is 19.0. The summed E-state index contributed by atoms with van der Waals surface area (Å²) in [6, 6.07) is 68.8. The molecule has 1 heteroatoms. The smallest absolute Gasteiger partial charge is 0.143 e. The van der Waals surface area contributed by atoms with E-state index in [1.165, 1.54) is 61.2 Å². The second-order valence-electron chi connectivity index (χ2n) is 15.2. The first kappa shape index (κ1) is 32.2. The van der Waals surface area contributed by atoms with E-state index in [0.29, 0.717) is 0 Å². The zero-order valence-electron chi connectivity index (χ0n) is 30.6. The molecule has 1 heterocycles. The Hall–Kier alpha value is -6.44. The van der Waals surface area contributed by atoms with Crippen molar-refractivity contribution < 1.29 is 4.42 Å². The van der Waals surface area contributed by atoms with Crippen LogP contribution in [0.2, 0.25) is 0 Å². The molecule has 10 rings (SSSR count). The van der Waals surface area contributed by atoms with Crippen LogP contribution in [0, 0.1) is 0 Å². The van der Waals surface area contributed by atoms with Crippen molar-refractivity contribution in [2.24, 2.45) is 0 Å². The number of benzene rings is 8. The predicted octanol–water partition coefficient (Wildman–Crippen LogP) is 14.3. The Bertz CT molecular complexity index is 2780. The molecule has 8 aromatic carbocycles. The molecule has 1 aliphatic rings. The van der Waals surface area contributed by atoms with Gasteiger partial charge in [-0.25, -0.2) is 0 Å². The van der Waals surface area contributed by atoms with E-state index in [1.54, 1.807) is 0 Å². The summed E-state index contributed by atoms with van der Waals surface area (Å²) in [5.41, 5.74) is 18.6. The maximum absolute atomic E-state index is 6.43. The molecule has 1 atom stereocenters. The van der Waals surface area contributed by atoms with Gasteiger partial charge in [0.2, 0.25) is 0 Å². The molecule has 0 spiro atoms. The van der Waals surface area contributed by atoms with Crippen LogP contribution >= 0.6 is 0 Å². The molecular formula is C53H40O. The Balaban J connectivity index is 1.04. The predicted molar refractivity (Wildman–Crippen MR) is 226 cm³/mol. The van der Waals surface area contributed by atoms with Crippen LogP contribution < -0.4 is 0 Å². The highest BCUT2D eigenvalue weighted by atomic mass is 16.3. The first-order chi connectivity index (χ1) is 26.5. The molecule has 0 fully saturated rings. The summed E-state index contributed by atoms with van der Waals surface area (Å²) in [4.78, 5) is 0. The summed E-state index contributed by atoms with van der Waals surface area (Å²) in [5, 5.41) is 2.31. The topological polar surface area (TPSA) is 13.1 Å². The summed E-state index contributed by atoms with van der Waals surface area (Å²) in [5.74, 6) is 0.161. The maximum atomic E-state index is 6.43. The number of rotatable bonds is 7. The third kappa shape index (κ3) is 5.39. The Morgan fingerprint density at radius 1 is 0.444 bits per heavy atom. The van der Waals surface area contributed by atoms with Gasteiger partial charge in [0.25, 0.3) is 0 Å². The van der Waals surface area contributed by atoms with Crippen LogP contribution in [-0.4, -0.2) is 0 Å². The molecule has 1 aromatic heterocycles. The van der Waals surface area contributed by atoms with Gasteiger partial charge in [0, 0.05) is 27.7 Å². The summed E-state index contributed by atoms with van der Waals surface area (Å²) in [6.07, 6.45) is 0.894.